The highest BCUT2D eigenvalue weighted by molar-refractivity contribution is 6.30. The molecule has 1 unspecified atom stereocenters. The first-order valence-electron chi connectivity index (χ1n) is 5.85. The van der Waals surface area contributed by atoms with Crippen molar-refractivity contribution >= 4 is 17.4 Å². The van der Waals surface area contributed by atoms with Gasteiger partial charge in [0.2, 0.25) is 0 Å². The summed E-state index contributed by atoms with van der Waals surface area (Å²) in [5.74, 6) is 0.0983. The van der Waals surface area contributed by atoms with E-state index in [4.69, 9.17) is 11.6 Å². The summed E-state index contributed by atoms with van der Waals surface area (Å²) in [6, 6.07) is 9.63. The van der Waals surface area contributed by atoms with Gasteiger partial charge in [0.25, 0.3) is 0 Å². The van der Waals surface area contributed by atoms with Crippen molar-refractivity contribution in [2.45, 2.75) is 32.1 Å². The van der Waals surface area contributed by atoms with Crippen molar-refractivity contribution in [3.63, 3.8) is 0 Å². The molecule has 1 saturated carbocycles. The lowest BCUT2D eigenvalue weighted by Crippen LogP contribution is -2.34. The Labute approximate surface area is 106 Å². The number of benzene rings is 1. The standard InChI is InChI=1S/C14H14ClNO/c15-12-6-4-11(5-7-12)9-14(10-16)8-2-1-3-13(14)17/h4-7H,1-3,8-9H2. The average molecular weight is 248 g/mol. The minimum Gasteiger partial charge on any atom is -0.298 e. The molecule has 1 aromatic carbocycles. The molecule has 0 amide bonds. The molecule has 1 aliphatic carbocycles. The van der Waals surface area contributed by atoms with Gasteiger partial charge in [0.05, 0.1) is 6.07 Å². The highest BCUT2D eigenvalue weighted by atomic mass is 35.5. The Balaban J connectivity index is 2.22. The fraction of sp³-hybridized carbons (Fsp3) is 0.429. The molecule has 0 spiro atoms. The Morgan fingerprint density at radius 3 is 2.59 bits per heavy atom. The van der Waals surface area contributed by atoms with Crippen molar-refractivity contribution in [1.82, 2.24) is 0 Å². The number of nitriles is 1. The molecule has 1 atom stereocenters. The predicted octanol–water partition coefficient (Wildman–Crippen LogP) is 3.54. The lowest BCUT2D eigenvalue weighted by molar-refractivity contribution is -0.128. The molecule has 2 rings (SSSR count). The molecule has 1 fully saturated rings. The lowest BCUT2D eigenvalue weighted by atomic mass is 9.70. The van der Waals surface area contributed by atoms with Crippen LogP contribution in [-0.4, -0.2) is 5.78 Å². The van der Waals surface area contributed by atoms with E-state index in [1.54, 1.807) is 12.1 Å². The fourth-order valence-electron chi connectivity index (χ4n) is 2.39. The molecule has 2 nitrogen and oxygen atoms in total. The van der Waals surface area contributed by atoms with Crippen LogP contribution in [0.3, 0.4) is 0 Å². The van der Waals surface area contributed by atoms with E-state index < -0.39 is 5.41 Å². The van der Waals surface area contributed by atoms with Gasteiger partial charge in [-0.15, -0.1) is 0 Å². The van der Waals surface area contributed by atoms with E-state index in [0.29, 0.717) is 24.3 Å². The fourth-order valence-corrected chi connectivity index (χ4v) is 2.51. The average Bonchev–Trinajstić information content (AvgIpc) is 2.35. The zero-order chi connectivity index (χ0) is 12.3. The number of Topliss-reactive ketones (excluding diaryl/α,β-unsaturated/α-hetero) is 1. The molecule has 0 bridgehead atoms. The molecule has 0 N–H and O–H groups in total. The van der Waals surface area contributed by atoms with E-state index in [1.807, 2.05) is 12.1 Å². The topological polar surface area (TPSA) is 40.9 Å². The maximum atomic E-state index is 12.0. The van der Waals surface area contributed by atoms with E-state index in [9.17, 15) is 10.1 Å². The number of carbonyl (C=O) groups excluding carboxylic acids is 1. The van der Waals surface area contributed by atoms with Gasteiger partial charge in [0.1, 0.15) is 5.41 Å². The highest BCUT2D eigenvalue weighted by Gasteiger charge is 2.39. The Hall–Kier alpha value is -1.33. The van der Waals surface area contributed by atoms with Gasteiger partial charge in [-0.3, -0.25) is 4.79 Å². The number of hydrogen-bond donors (Lipinski definition) is 0. The van der Waals surface area contributed by atoms with Gasteiger partial charge in [-0.25, -0.2) is 0 Å². The summed E-state index contributed by atoms with van der Waals surface area (Å²) in [6.07, 6.45) is 3.63. The molecule has 0 radical (unpaired) electrons. The van der Waals surface area contributed by atoms with E-state index in [0.717, 1.165) is 18.4 Å². The van der Waals surface area contributed by atoms with Gasteiger partial charge in [-0.1, -0.05) is 30.2 Å². The van der Waals surface area contributed by atoms with Crippen LogP contribution in [-0.2, 0) is 11.2 Å². The third-order valence-electron chi connectivity index (χ3n) is 3.42. The molecule has 0 aromatic heterocycles. The number of ketones is 1. The first-order chi connectivity index (χ1) is 8.16. The second-order valence-corrected chi connectivity index (χ2v) is 5.06. The first-order valence-corrected chi connectivity index (χ1v) is 6.23. The van der Waals surface area contributed by atoms with Crippen molar-refractivity contribution in [1.29, 1.82) is 5.26 Å². The van der Waals surface area contributed by atoms with Gasteiger partial charge in [0, 0.05) is 11.4 Å². The molecular formula is C14H14ClNO. The van der Waals surface area contributed by atoms with E-state index in [2.05, 4.69) is 6.07 Å². The molecule has 0 aliphatic heterocycles. The normalized spacial score (nSPS) is 24.4. The highest BCUT2D eigenvalue weighted by Crippen LogP contribution is 2.36. The summed E-state index contributed by atoms with van der Waals surface area (Å²) in [5.41, 5.74) is 0.206. The predicted molar refractivity (Wildman–Crippen MR) is 66.7 cm³/mol. The number of carbonyl (C=O) groups is 1. The number of hydrogen-bond acceptors (Lipinski definition) is 2. The minimum atomic E-state index is -0.800. The number of rotatable bonds is 2. The van der Waals surface area contributed by atoms with Crippen molar-refractivity contribution in [2.75, 3.05) is 0 Å². The van der Waals surface area contributed by atoms with Gasteiger partial charge >= 0.3 is 0 Å². The summed E-state index contributed by atoms with van der Waals surface area (Å²) in [5, 5.41) is 10.0. The number of halogens is 1. The number of nitrogens with zero attached hydrogens (tertiary/aromatic N) is 1. The molecule has 0 heterocycles. The van der Waals surface area contributed by atoms with Crippen LogP contribution in [0.5, 0.6) is 0 Å². The van der Waals surface area contributed by atoms with E-state index in [1.165, 1.54) is 0 Å². The molecular weight excluding hydrogens is 234 g/mol. The van der Waals surface area contributed by atoms with E-state index in [-0.39, 0.29) is 5.78 Å². The molecule has 1 aliphatic rings. The van der Waals surface area contributed by atoms with Crippen LogP contribution in [0.4, 0.5) is 0 Å². The van der Waals surface area contributed by atoms with Crippen LogP contribution in [0.2, 0.25) is 5.02 Å². The van der Waals surface area contributed by atoms with Gasteiger partial charge in [-0.05, 0) is 37.0 Å². The van der Waals surface area contributed by atoms with Crippen LogP contribution >= 0.6 is 11.6 Å². The van der Waals surface area contributed by atoms with Gasteiger partial charge < -0.3 is 0 Å². The van der Waals surface area contributed by atoms with Gasteiger partial charge in [0.15, 0.2) is 5.78 Å². The van der Waals surface area contributed by atoms with Crippen LogP contribution < -0.4 is 0 Å². The summed E-state index contributed by atoms with van der Waals surface area (Å²) < 4.78 is 0. The zero-order valence-corrected chi connectivity index (χ0v) is 10.3. The molecule has 1 aromatic rings. The summed E-state index contributed by atoms with van der Waals surface area (Å²) >= 11 is 5.82. The summed E-state index contributed by atoms with van der Waals surface area (Å²) in [4.78, 5) is 12.0. The van der Waals surface area contributed by atoms with Gasteiger partial charge in [-0.2, -0.15) is 5.26 Å². The monoisotopic (exact) mass is 247 g/mol. The van der Waals surface area contributed by atoms with Crippen molar-refractivity contribution < 1.29 is 4.79 Å². The van der Waals surface area contributed by atoms with Crippen molar-refractivity contribution in [2.24, 2.45) is 5.41 Å². The maximum absolute atomic E-state index is 12.0. The lowest BCUT2D eigenvalue weighted by Gasteiger charge is -2.29. The Morgan fingerprint density at radius 1 is 1.29 bits per heavy atom. The molecule has 0 saturated heterocycles. The molecule has 3 heteroatoms. The first kappa shape index (κ1) is 12.1. The smallest absolute Gasteiger partial charge is 0.153 e. The second kappa shape index (κ2) is 4.89. The van der Waals surface area contributed by atoms with Crippen molar-refractivity contribution in [3.8, 4) is 6.07 Å². The van der Waals surface area contributed by atoms with Crippen LogP contribution in [0.25, 0.3) is 0 Å². The molecule has 17 heavy (non-hydrogen) atoms. The minimum absolute atomic E-state index is 0.0983. The Kier molecular flexibility index (Phi) is 3.49. The zero-order valence-electron chi connectivity index (χ0n) is 9.58. The van der Waals surface area contributed by atoms with Crippen molar-refractivity contribution in [3.05, 3.63) is 34.9 Å². The maximum Gasteiger partial charge on any atom is 0.153 e. The quantitative estimate of drug-likeness (QED) is 0.802. The Morgan fingerprint density at radius 2 is 2.00 bits per heavy atom. The third kappa shape index (κ3) is 2.50. The van der Waals surface area contributed by atoms with Crippen LogP contribution in [0.15, 0.2) is 24.3 Å². The van der Waals surface area contributed by atoms with Crippen LogP contribution in [0.1, 0.15) is 31.2 Å². The van der Waals surface area contributed by atoms with E-state index >= 15 is 0 Å². The summed E-state index contributed by atoms with van der Waals surface area (Å²) in [6.45, 7) is 0. The largest absolute Gasteiger partial charge is 0.298 e. The van der Waals surface area contributed by atoms with Crippen LogP contribution in [0, 0.1) is 16.7 Å². The Bertz CT molecular complexity index is 460. The SMILES string of the molecule is N#CC1(Cc2ccc(Cl)cc2)CCCCC1=O. The second-order valence-electron chi connectivity index (χ2n) is 4.63. The molecule has 88 valence electrons. The summed E-state index contributed by atoms with van der Waals surface area (Å²) in [7, 11) is 0. The third-order valence-corrected chi connectivity index (χ3v) is 3.68.